The molecule has 1 saturated carbocycles. The van der Waals surface area contributed by atoms with Gasteiger partial charge in [0.15, 0.2) is 0 Å². The van der Waals surface area contributed by atoms with Crippen molar-refractivity contribution in [2.45, 2.75) is 38.0 Å². The van der Waals surface area contributed by atoms with Gasteiger partial charge < -0.3 is 5.73 Å². The third kappa shape index (κ3) is 2.84. The van der Waals surface area contributed by atoms with Crippen molar-refractivity contribution in [3.05, 3.63) is 29.8 Å². The Kier molecular flexibility index (Phi) is 3.92. The summed E-state index contributed by atoms with van der Waals surface area (Å²) in [6.07, 6.45) is 2.42. The maximum Gasteiger partial charge on any atom is 0.217 e. The number of nitrogen functional groups attached to an aromatic ring is 1. The van der Waals surface area contributed by atoms with Gasteiger partial charge in [-0.1, -0.05) is 25.1 Å². The van der Waals surface area contributed by atoms with Gasteiger partial charge in [-0.05, 0) is 30.9 Å². The molecule has 0 atom stereocenters. The Morgan fingerprint density at radius 3 is 2.56 bits per heavy atom. The van der Waals surface area contributed by atoms with E-state index in [-0.39, 0.29) is 5.25 Å². The molecular formula is C13H20N2O2S. The Hall–Kier alpha value is -1.07. The van der Waals surface area contributed by atoms with Gasteiger partial charge >= 0.3 is 0 Å². The molecule has 0 unspecified atom stereocenters. The van der Waals surface area contributed by atoms with Gasteiger partial charge in [-0.3, -0.25) is 0 Å². The minimum absolute atomic E-state index is 0.158. The van der Waals surface area contributed by atoms with Crippen molar-refractivity contribution >= 4 is 15.7 Å². The summed E-state index contributed by atoms with van der Waals surface area (Å²) in [7, 11) is -3.13. The molecule has 0 heterocycles. The van der Waals surface area contributed by atoms with Crippen LogP contribution >= 0.6 is 0 Å². The molecule has 5 heteroatoms. The van der Waals surface area contributed by atoms with Gasteiger partial charge in [-0.2, -0.15) is 4.31 Å². The maximum absolute atomic E-state index is 12.3. The van der Waals surface area contributed by atoms with E-state index in [1.54, 1.807) is 4.31 Å². The molecule has 1 aromatic carbocycles. The zero-order valence-corrected chi connectivity index (χ0v) is 11.5. The summed E-state index contributed by atoms with van der Waals surface area (Å²) in [4.78, 5) is 0. The summed E-state index contributed by atoms with van der Waals surface area (Å²) in [5.41, 5.74) is 7.42. The molecule has 0 saturated heterocycles. The number of para-hydroxylation sites is 1. The summed E-state index contributed by atoms with van der Waals surface area (Å²) < 4.78 is 26.1. The third-order valence-electron chi connectivity index (χ3n) is 3.18. The first kappa shape index (κ1) is 13.4. The number of rotatable bonds is 6. The van der Waals surface area contributed by atoms with Crippen LogP contribution in [0.2, 0.25) is 0 Å². The summed E-state index contributed by atoms with van der Waals surface area (Å²) in [5, 5.41) is -0.158. The molecule has 1 aliphatic rings. The molecule has 4 nitrogen and oxygen atoms in total. The van der Waals surface area contributed by atoms with Crippen molar-refractivity contribution in [3.63, 3.8) is 0 Å². The molecule has 1 aliphatic carbocycles. The minimum atomic E-state index is -3.13. The average molecular weight is 268 g/mol. The number of benzene rings is 1. The first-order chi connectivity index (χ1) is 8.55. The van der Waals surface area contributed by atoms with E-state index in [4.69, 9.17) is 5.73 Å². The van der Waals surface area contributed by atoms with Crippen molar-refractivity contribution in [1.29, 1.82) is 0 Å². The Bertz CT molecular complexity index is 509. The van der Waals surface area contributed by atoms with Crippen LogP contribution in [0.25, 0.3) is 0 Å². The molecule has 2 rings (SSSR count). The Morgan fingerprint density at radius 1 is 1.33 bits per heavy atom. The fourth-order valence-electron chi connectivity index (χ4n) is 1.99. The van der Waals surface area contributed by atoms with E-state index in [1.165, 1.54) is 0 Å². The first-order valence-corrected chi connectivity index (χ1v) is 7.88. The van der Waals surface area contributed by atoms with E-state index < -0.39 is 10.0 Å². The number of nitrogens with two attached hydrogens (primary N) is 1. The molecule has 0 amide bonds. The quantitative estimate of drug-likeness (QED) is 0.802. The lowest BCUT2D eigenvalue weighted by molar-refractivity contribution is 0.405. The van der Waals surface area contributed by atoms with Crippen molar-refractivity contribution in [1.82, 2.24) is 4.31 Å². The van der Waals surface area contributed by atoms with Crippen LogP contribution < -0.4 is 5.73 Å². The number of hydrogen-bond acceptors (Lipinski definition) is 3. The maximum atomic E-state index is 12.3. The van der Waals surface area contributed by atoms with Crippen LogP contribution in [0.3, 0.4) is 0 Å². The fourth-order valence-corrected chi connectivity index (χ4v) is 3.90. The molecule has 0 radical (unpaired) electrons. The zero-order chi connectivity index (χ0) is 13.2. The van der Waals surface area contributed by atoms with Gasteiger partial charge in [0, 0.05) is 18.8 Å². The molecule has 18 heavy (non-hydrogen) atoms. The molecule has 1 fully saturated rings. The highest BCUT2D eigenvalue weighted by Crippen LogP contribution is 2.32. The molecule has 0 aromatic heterocycles. The SMILES string of the molecule is CCCN(Cc1ccccc1N)S(=O)(=O)C1CC1. The van der Waals surface area contributed by atoms with Crippen LogP contribution in [0.15, 0.2) is 24.3 Å². The Balaban J connectivity index is 2.19. The number of nitrogens with zero attached hydrogens (tertiary/aromatic N) is 1. The van der Waals surface area contributed by atoms with Gasteiger partial charge in [-0.15, -0.1) is 0 Å². The largest absolute Gasteiger partial charge is 0.398 e. The monoisotopic (exact) mass is 268 g/mol. The highest BCUT2D eigenvalue weighted by Gasteiger charge is 2.39. The zero-order valence-electron chi connectivity index (χ0n) is 10.7. The van der Waals surface area contributed by atoms with Crippen LogP contribution in [0.5, 0.6) is 0 Å². The lowest BCUT2D eigenvalue weighted by Crippen LogP contribution is -2.34. The number of anilines is 1. The lowest BCUT2D eigenvalue weighted by atomic mass is 10.2. The van der Waals surface area contributed by atoms with E-state index >= 15 is 0 Å². The number of hydrogen-bond donors (Lipinski definition) is 1. The summed E-state index contributed by atoms with van der Waals surface area (Å²) in [6, 6.07) is 7.45. The molecular weight excluding hydrogens is 248 g/mol. The van der Waals surface area contributed by atoms with E-state index in [0.29, 0.717) is 18.8 Å². The highest BCUT2D eigenvalue weighted by atomic mass is 32.2. The smallest absolute Gasteiger partial charge is 0.217 e. The van der Waals surface area contributed by atoms with E-state index in [9.17, 15) is 8.42 Å². The van der Waals surface area contributed by atoms with E-state index in [0.717, 1.165) is 24.8 Å². The molecule has 100 valence electrons. The fraction of sp³-hybridized carbons (Fsp3) is 0.538. The van der Waals surface area contributed by atoms with Crippen LogP contribution in [0.4, 0.5) is 5.69 Å². The van der Waals surface area contributed by atoms with Crippen LogP contribution in [0, 0.1) is 0 Å². The Morgan fingerprint density at radius 2 is 2.00 bits per heavy atom. The van der Waals surface area contributed by atoms with Crippen molar-refractivity contribution in [2.24, 2.45) is 0 Å². The standard InChI is InChI=1S/C13H20N2O2S/c1-2-9-15(18(16,17)12-7-8-12)10-11-5-3-4-6-13(11)14/h3-6,12H,2,7-10,14H2,1H3. The second-order valence-corrected chi connectivity index (χ2v) is 6.99. The highest BCUT2D eigenvalue weighted by molar-refractivity contribution is 7.90. The molecule has 1 aromatic rings. The number of sulfonamides is 1. The van der Waals surface area contributed by atoms with Gasteiger partial charge in [0.05, 0.1) is 5.25 Å². The van der Waals surface area contributed by atoms with E-state index in [1.807, 2.05) is 31.2 Å². The van der Waals surface area contributed by atoms with Crippen molar-refractivity contribution < 1.29 is 8.42 Å². The molecule has 0 aliphatic heterocycles. The van der Waals surface area contributed by atoms with E-state index in [2.05, 4.69) is 0 Å². The van der Waals surface area contributed by atoms with Gasteiger partial charge in [0.2, 0.25) is 10.0 Å². The van der Waals surface area contributed by atoms with Crippen LogP contribution in [0.1, 0.15) is 31.7 Å². The van der Waals surface area contributed by atoms with Crippen molar-refractivity contribution in [3.8, 4) is 0 Å². The first-order valence-electron chi connectivity index (χ1n) is 6.38. The average Bonchev–Trinajstić information content (AvgIpc) is 3.15. The molecule has 0 bridgehead atoms. The second-order valence-electron chi connectivity index (χ2n) is 4.78. The van der Waals surface area contributed by atoms with Gasteiger partial charge in [0.1, 0.15) is 0 Å². The van der Waals surface area contributed by atoms with Crippen LogP contribution in [-0.4, -0.2) is 24.5 Å². The lowest BCUT2D eigenvalue weighted by Gasteiger charge is -2.22. The molecule has 0 spiro atoms. The summed E-state index contributed by atoms with van der Waals surface area (Å²) in [6.45, 7) is 2.94. The molecule has 2 N–H and O–H groups in total. The normalized spacial score (nSPS) is 16.1. The van der Waals surface area contributed by atoms with Crippen LogP contribution in [-0.2, 0) is 16.6 Å². The van der Waals surface area contributed by atoms with Crippen molar-refractivity contribution in [2.75, 3.05) is 12.3 Å². The van der Waals surface area contributed by atoms with Gasteiger partial charge in [-0.25, -0.2) is 8.42 Å². The predicted molar refractivity (Wildman–Crippen MR) is 73.5 cm³/mol. The van der Waals surface area contributed by atoms with Gasteiger partial charge in [0.25, 0.3) is 0 Å². The third-order valence-corrected chi connectivity index (χ3v) is 5.53. The topological polar surface area (TPSA) is 63.4 Å². The minimum Gasteiger partial charge on any atom is -0.398 e. The second kappa shape index (κ2) is 5.28. The predicted octanol–water partition coefficient (Wildman–Crippen LogP) is 1.97. The summed E-state index contributed by atoms with van der Waals surface area (Å²) in [5.74, 6) is 0. The Labute approximate surface area is 109 Å². The summed E-state index contributed by atoms with van der Waals surface area (Å²) >= 11 is 0.